The van der Waals surface area contributed by atoms with Gasteiger partial charge in [-0.1, -0.05) is 15.9 Å². The zero-order valence-corrected chi connectivity index (χ0v) is 16.1. The molecule has 0 saturated heterocycles. The van der Waals surface area contributed by atoms with Crippen molar-refractivity contribution in [3.05, 3.63) is 48.2 Å². The number of rotatable bonds is 3. The highest BCUT2D eigenvalue weighted by Crippen LogP contribution is 2.40. The van der Waals surface area contributed by atoms with E-state index in [2.05, 4.69) is 63.7 Å². The van der Waals surface area contributed by atoms with Crippen LogP contribution in [0.4, 0.5) is 0 Å². The second-order valence-electron chi connectivity index (χ2n) is 3.59. The summed E-state index contributed by atoms with van der Waals surface area (Å²) in [6, 6.07) is 9.46. The zero-order valence-electron chi connectivity index (χ0n) is 9.72. The molecule has 0 heterocycles. The Morgan fingerprint density at radius 3 is 1.95 bits per heavy atom. The van der Waals surface area contributed by atoms with Gasteiger partial charge in [-0.2, -0.15) is 0 Å². The van der Waals surface area contributed by atoms with Gasteiger partial charge in [0.05, 0.1) is 20.5 Å². The van der Waals surface area contributed by atoms with Crippen LogP contribution in [0.2, 0.25) is 0 Å². The minimum atomic E-state index is 0.704. The summed E-state index contributed by atoms with van der Waals surface area (Å²) < 4.78 is 14.6. The average Bonchev–Trinajstić information content (AvgIpc) is 2.36. The molecule has 0 aromatic heterocycles. The molecule has 0 aliphatic heterocycles. The zero-order chi connectivity index (χ0) is 14.0. The number of halogens is 4. The molecule has 0 saturated carbocycles. The molecule has 0 amide bonds. The fourth-order valence-electron chi connectivity index (χ4n) is 1.42. The Morgan fingerprint density at radius 2 is 1.32 bits per heavy atom. The highest BCUT2D eigenvalue weighted by atomic mass is 79.9. The van der Waals surface area contributed by atoms with Crippen molar-refractivity contribution in [2.45, 2.75) is 0 Å². The van der Waals surface area contributed by atoms with Gasteiger partial charge in [0.15, 0.2) is 0 Å². The van der Waals surface area contributed by atoms with Gasteiger partial charge in [0.2, 0.25) is 0 Å². The van der Waals surface area contributed by atoms with Crippen molar-refractivity contribution >= 4 is 63.7 Å². The Labute approximate surface area is 145 Å². The van der Waals surface area contributed by atoms with Gasteiger partial charge in [0.1, 0.15) is 17.2 Å². The first kappa shape index (κ1) is 15.4. The third-order valence-corrected chi connectivity index (χ3v) is 4.67. The monoisotopic (exact) mass is 512 g/mol. The van der Waals surface area contributed by atoms with Crippen molar-refractivity contribution in [1.82, 2.24) is 0 Å². The van der Waals surface area contributed by atoms with Crippen LogP contribution in [0, 0.1) is 0 Å². The van der Waals surface area contributed by atoms with E-state index in [9.17, 15) is 0 Å². The van der Waals surface area contributed by atoms with Crippen LogP contribution in [0.5, 0.6) is 17.2 Å². The molecule has 0 radical (unpaired) electrons. The number of hydrogen-bond donors (Lipinski definition) is 0. The predicted octanol–water partition coefficient (Wildman–Crippen LogP) is 6.54. The molecule has 100 valence electrons. The topological polar surface area (TPSA) is 18.5 Å². The maximum absolute atomic E-state index is 5.88. The maximum Gasteiger partial charge on any atom is 0.143 e. The van der Waals surface area contributed by atoms with Crippen molar-refractivity contribution in [3.63, 3.8) is 0 Å². The number of ether oxygens (including phenoxy) is 2. The molecule has 2 nitrogen and oxygen atoms in total. The summed E-state index contributed by atoms with van der Waals surface area (Å²) in [6.45, 7) is 0. The van der Waals surface area contributed by atoms with Gasteiger partial charge in [0, 0.05) is 4.47 Å². The van der Waals surface area contributed by atoms with Gasteiger partial charge in [-0.3, -0.25) is 0 Å². The van der Waals surface area contributed by atoms with E-state index in [0.717, 1.165) is 29.4 Å². The number of benzene rings is 2. The lowest BCUT2D eigenvalue weighted by atomic mass is 10.3. The molecular weight excluding hydrogens is 508 g/mol. The molecule has 0 aliphatic carbocycles. The molecule has 2 aromatic carbocycles. The summed E-state index contributed by atoms with van der Waals surface area (Å²) in [7, 11) is 1.62. The lowest BCUT2D eigenvalue weighted by Crippen LogP contribution is -1.90. The second-order valence-corrected chi connectivity index (χ2v) is 7.07. The van der Waals surface area contributed by atoms with Gasteiger partial charge in [0.25, 0.3) is 0 Å². The first-order valence-corrected chi connectivity index (χ1v) is 8.34. The lowest BCUT2D eigenvalue weighted by molar-refractivity contribution is 0.409. The Balaban J connectivity index is 2.35. The summed E-state index contributed by atoms with van der Waals surface area (Å²) in [5, 5.41) is 0. The first-order chi connectivity index (χ1) is 9.01. The van der Waals surface area contributed by atoms with Crippen molar-refractivity contribution in [1.29, 1.82) is 0 Å². The van der Waals surface area contributed by atoms with E-state index in [-0.39, 0.29) is 0 Å². The molecule has 0 atom stereocenters. The van der Waals surface area contributed by atoms with Gasteiger partial charge in [-0.25, -0.2) is 0 Å². The van der Waals surface area contributed by atoms with E-state index in [1.807, 2.05) is 30.3 Å². The quantitative estimate of drug-likeness (QED) is 0.462. The van der Waals surface area contributed by atoms with Gasteiger partial charge < -0.3 is 9.47 Å². The molecule has 19 heavy (non-hydrogen) atoms. The summed E-state index contributed by atoms with van der Waals surface area (Å²) in [5.41, 5.74) is 0. The Bertz CT molecular complexity index is 614. The molecule has 0 N–H and O–H groups in total. The van der Waals surface area contributed by atoms with Gasteiger partial charge in [-0.05, 0) is 78.1 Å². The average molecular weight is 516 g/mol. The predicted molar refractivity (Wildman–Crippen MR) is 90.3 cm³/mol. The van der Waals surface area contributed by atoms with E-state index >= 15 is 0 Å². The van der Waals surface area contributed by atoms with Crippen molar-refractivity contribution in [2.75, 3.05) is 7.11 Å². The molecule has 0 spiro atoms. The van der Waals surface area contributed by atoms with Crippen LogP contribution in [0.3, 0.4) is 0 Å². The Hall–Kier alpha value is -0.0400. The van der Waals surface area contributed by atoms with Crippen LogP contribution in [-0.4, -0.2) is 7.11 Å². The third-order valence-electron chi connectivity index (χ3n) is 2.32. The summed E-state index contributed by atoms with van der Waals surface area (Å²) >= 11 is 13.8. The van der Waals surface area contributed by atoms with Gasteiger partial charge >= 0.3 is 0 Å². The minimum absolute atomic E-state index is 0.704. The van der Waals surface area contributed by atoms with E-state index in [1.165, 1.54) is 0 Å². The molecule has 0 bridgehead atoms. The SMILES string of the molecule is COc1cc(Br)c(Oc2ccc(Br)cc2Br)cc1Br. The van der Waals surface area contributed by atoms with Crippen molar-refractivity contribution in [3.8, 4) is 17.2 Å². The maximum atomic E-state index is 5.88. The van der Waals surface area contributed by atoms with Crippen molar-refractivity contribution in [2.24, 2.45) is 0 Å². The Morgan fingerprint density at radius 1 is 0.737 bits per heavy atom. The van der Waals surface area contributed by atoms with Crippen LogP contribution < -0.4 is 9.47 Å². The van der Waals surface area contributed by atoms with Crippen LogP contribution in [0.15, 0.2) is 48.2 Å². The summed E-state index contributed by atoms with van der Waals surface area (Å²) in [5.74, 6) is 2.19. The molecule has 0 aliphatic rings. The van der Waals surface area contributed by atoms with E-state index in [4.69, 9.17) is 9.47 Å². The van der Waals surface area contributed by atoms with E-state index in [1.54, 1.807) is 7.11 Å². The standard InChI is InChI=1S/C13H8Br4O2/c1-18-12-5-10(17)13(6-9(12)16)19-11-3-2-7(14)4-8(11)15/h2-6H,1H3. The number of methoxy groups -OCH3 is 1. The normalized spacial score (nSPS) is 10.4. The van der Waals surface area contributed by atoms with E-state index < -0.39 is 0 Å². The highest BCUT2D eigenvalue weighted by Gasteiger charge is 2.11. The largest absolute Gasteiger partial charge is 0.496 e. The van der Waals surface area contributed by atoms with Crippen LogP contribution >= 0.6 is 63.7 Å². The smallest absolute Gasteiger partial charge is 0.143 e. The second kappa shape index (κ2) is 6.61. The first-order valence-electron chi connectivity index (χ1n) is 5.17. The lowest BCUT2D eigenvalue weighted by Gasteiger charge is -2.12. The molecule has 6 heteroatoms. The summed E-state index contributed by atoms with van der Waals surface area (Å²) in [6.07, 6.45) is 0. The third kappa shape index (κ3) is 3.74. The van der Waals surface area contributed by atoms with Gasteiger partial charge in [-0.15, -0.1) is 0 Å². The fraction of sp³-hybridized carbons (Fsp3) is 0.0769. The molecule has 2 aromatic rings. The van der Waals surface area contributed by atoms with Crippen LogP contribution in [-0.2, 0) is 0 Å². The molecular formula is C13H8Br4O2. The molecule has 0 unspecified atom stereocenters. The van der Waals surface area contributed by atoms with Crippen LogP contribution in [0.25, 0.3) is 0 Å². The molecule has 2 rings (SSSR count). The van der Waals surface area contributed by atoms with Crippen molar-refractivity contribution < 1.29 is 9.47 Å². The molecule has 0 fully saturated rings. The highest BCUT2D eigenvalue weighted by molar-refractivity contribution is 9.11. The summed E-state index contributed by atoms with van der Waals surface area (Å²) in [4.78, 5) is 0. The minimum Gasteiger partial charge on any atom is -0.496 e. The Kier molecular flexibility index (Phi) is 5.34. The fourth-order valence-corrected chi connectivity index (χ4v) is 3.44. The van der Waals surface area contributed by atoms with E-state index in [0.29, 0.717) is 5.75 Å². The van der Waals surface area contributed by atoms with Crippen LogP contribution in [0.1, 0.15) is 0 Å². The number of hydrogen-bond acceptors (Lipinski definition) is 2.